The molecule has 0 bridgehead atoms. The third-order valence-electron chi connectivity index (χ3n) is 15.6. The van der Waals surface area contributed by atoms with Gasteiger partial charge in [-0.2, -0.15) is 0 Å². The third kappa shape index (κ3) is 7.50. The zero-order chi connectivity index (χ0) is 50.1. The SMILES string of the molecule is c1ccc2cc(-c3ccc4c(N(c5ccc6ccccc6c5)c5ccc6ccccc6c5)c5cc(-c6ccc7ccccc7c6)ccc5c(N(c5ccc6ccccc6c5)c5ccc6ccccc6c5)c4c3)ccc2c1. The van der Waals surface area contributed by atoms with Gasteiger partial charge in [0.25, 0.3) is 0 Å². The summed E-state index contributed by atoms with van der Waals surface area (Å²) in [6.07, 6.45) is 0. The van der Waals surface area contributed by atoms with Crippen molar-refractivity contribution in [2.75, 3.05) is 9.80 Å². The summed E-state index contributed by atoms with van der Waals surface area (Å²) in [6, 6.07) is 108. The summed E-state index contributed by atoms with van der Waals surface area (Å²) in [5.41, 5.74) is 11.2. The molecule has 0 atom stereocenters. The Morgan fingerprint density at radius 1 is 0.158 bits per heavy atom. The number of nitrogens with zero attached hydrogens (tertiary/aromatic N) is 2. The number of anilines is 6. The van der Waals surface area contributed by atoms with Crippen LogP contribution in [0.3, 0.4) is 0 Å². The van der Waals surface area contributed by atoms with E-state index in [1.807, 2.05) is 0 Å². The normalized spacial score (nSPS) is 11.7. The Morgan fingerprint density at radius 3 is 0.671 bits per heavy atom. The predicted octanol–water partition coefficient (Wildman–Crippen LogP) is 21.2. The number of benzene rings is 15. The van der Waals surface area contributed by atoms with Gasteiger partial charge in [-0.3, -0.25) is 0 Å². The molecule has 0 aromatic heterocycles. The van der Waals surface area contributed by atoms with E-state index in [0.29, 0.717) is 0 Å². The molecule has 0 unspecified atom stereocenters. The lowest BCUT2D eigenvalue weighted by Gasteiger charge is -2.33. The summed E-state index contributed by atoms with van der Waals surface area (Å²) in [5.74, 6) is 0. The first kappa shape index (κ1) is 43.6. The summed E-state index contributed by atoms with van der Waals surface area (Å²) >= 11 is 0. The molecular weight excluding hydrogens is 917 g/mol. The molecule has 0 aliphatic heterocycles. The molecule has 15 aromatic rings. The van der Waals surface area contributed by atoms with E-state index in [1.165, 1.54) is 75.8 Å². The standard InChI is InChI=1S/C74H48N2/c1-7-19-55-41-61(27-25-49(55)13-1)63-33-39-69-71(47-63)73(75(65-35-29-51-15-3-9-21-57(51)43-65)66-36-30-52-16-4-10-22-58(52)44-66)70-40-34-64(62-28-26-50-14-2-8-20-56(50)42-62)48-72(70)74(69)76(67-37-31-53-17-5-11-23-59(53)45-67)68-38-32-54-18-6-12-24-60(54)46-68/h1-48H. The van der Waals surface area contributed by atoms with Crippen LogP contribution in [-0.4, -0.2) is 0 Å². The summed E-state index contributed by atoms with van der Waals surface area (Å²) < 4.78 is 0. The molecule has 0 aliphatic rings. The summed E-state index contributed by atoms with van der Waals surface area (Å²) in [4.78, 5) is 5.06. The Kier molecular flexibility index (Phi) is 10.2. The molecule has 0 N–H and O–H groups in total. The third-order valence-corrected chi connectivity index (χ3v) is 15.6. The molecule has 0 radical (unpaired) electrons. The van der Waals surface area contributed by atoms with E-state index in [9.17, 15) is 0 Å². The Balaban J connectivity index is 1.11. The van der Waals surface area contributed by atoms with Crippen LogP contribution in [0.25, 0.3) is 108 Å². The lowest BCUT2D eigenvalue weighted by Crippen LogP contribution is -2.15. The van der Waals surface area contributed by atoms with Gasteiger partial charge in [-0.25, -0.2) is 0 Å². The molecule has 2 nitrogen and oxygen atoms in total. The van der Waals surface area contributed by atoms with Crippen LogP contribution in [0.15, 0.2) is 291 Å². The molecule has 76 heavy (non-hydrogen) atoms. The van der Waals surface area contributed by atoms with Crippen molar-refractivity contribution >= 4 is 120 Å². The predicted molar refractivity (Wildman–Crippen MR) is 327 cm³/mol. The summed E-state index contributed by atoms with van der Waals surface area (Å²) in [5, 5.41) is 19.0. The number of fused-ring (bicyclic) bond motifs is 8. The second-order valence-electron chi connectivity index (χ2n) is 20.1. The number of hydrogen-bond donors (Lipinski definition) is 0. The molecular formula is C74H48N2. The fourth-order valence-electron chi connectivity index (χ4n) is 11.8. The molecule has 15 rings (SSSR count). The van der Waals surface area contributed by atoms with Crippen molar-refractivity contribution < 1.29 is 0 Å². The van der Waals surface area contributed by atoms with Crippen molar-refractivity contribution in [3.8, 4) is 22.3 Å². The van der Waals surface area contributed by atoms with E-state index in [4.69, 9.17) is 0 Å². The van der Waals surface area contributed by atoms with Crippen molar-refractivity contribution in [1.29, 1.82) is 0 Å². The highest BCUT2D eigenvalue weighted by atomic mass is 15.2. The van der Waals surface area contributed by atoms with Crippen LogP contribution in [0.1, 0.15) is 0 Å². The molecule has 2 heteroatoms. The molecule has 354 valence electrons. The van der Waals surface area contributed by atoms with Gasteiger partial charge < -0.3 is 9.80 Å². The number of rotatable bonds is 8. The molecule has 0 saturated heterocycles. The van der Waals surface area contributed by atoms with Crippen molar-refractivity contribution in [2.24, 2.45) is 0 Å². The highest BCUT2D eigenvalue weighted by Crippen LogP contribution is 2.53. The Labute approximate surface area is 441 Å². The van der Waals surface area contributed by atoms with Gasteiger partial charge in [-0.1, -0.05) is 218 Å². The minimum absolute atomic E-state index is 1.08. The second-order valence-corrected chi connectivity index (χ2v) is 20.1. The lowest BCUT2D eigenvalue weighted by molar-refractivity contribution is 1.31. The van der Waals surface area contributed by atoms with Crippen molar-refractivity contribution in [3.05, 3.63) is 291 Å². The van der Waals surface area contributed by atoms with Gasteiger partial charge in [-0.05, 0) is 160 Å². The average Bonchev–Trinajstić information content (AvgIpc) is 3.59. The van der Waals surface area contributed by atoms with E-state index in [2.05, 4.69) is 301 Å². The van der Waals surface area contributed by atoms with E-state index >= 15 is 0 Å². The van der Waals surface area contributed by atoms with Gasteiger partial charge in [0.1, 0.15) is 0 Å². The molecule has 0 spiro atoms. The minimum Gasteiger partial charge on any atom is -0.309 e. The van der Waals surface area contributed by atoms with E-state index in [-0.39, 0.29) is 0 Å². The van der Waals surface area contributed by atoms with Gasteiger partial charge in [0, 0.05) is 44.3 Å². The van der Waals surface area contributed by atoms with E-state index < -0.39 is 0 Å². The average molecular weight is 965 g/mol. The highest BCUT2D eigenvalue weighted by molar-refractivity contribution is 6.25. The Morgan fingerprint density at radius 2 is 0.382 bits per heavy atom. The smallest absolute Gasteiger partial charge is 0.0620 e. The fraction of sp³-hybridized carbons (Fsp3) is 0. The van der Waals surface area contributed by atoms with Crippen LogP contribution in [0.4, 0.5) is 34.1 Å². The zero-order valence-corrected chi connectivity index (χ0v) is 41.6. The van der Waals surface area contributed by atoms with Gasteiger partial charge in [0.05, 0.1) is 11.4 Å². The maximum Gasteiger partial charge on any atom is 0.0620 e. The lowest BCUT2D eigenvalue weighted by atomic mass is 9.90. The quantitative estimate of drug-likeness (QED) is 0.111. The molecule has 15 aromatic carbocycles. The summed E-state index contributed by atoms with van der Waals surface area (Å²) in [6.45, 7) is 0. The second kappa shape index (κ2) is 17.9. The Bertz CT molecular complexity index is 4340. The van der Waals surface area contributed by atoms with Crippen molar-refractivity contribution in [2.45, 2.75) is 0 Å². The van der Waals surface area contributed by atoms with Gasteiger partial charge >= 0.3 is 0 Å². The fourth-order valence-corrected chi connectivity index (χ4v) is 11.8. The first-order valence-corrected chi connectivity index (χ1v) is 26.2. The number of hydrogen-bond acceptors (Lipinski definition) is 2. The van der Waals surface area contributed by atoms with Gasteiger partial charge in [0.15, 0.2) is 0 Å². The topological polar surface area (TPSA) is 6.48 Å². The first-order chi connectivity index (χ1) is 37.6. The Hall–Kier alpha value is -10.0. The van der Waals surface area contributed by atoms with Crippen LogP contribution in [-0.2, 0) is 0 Å². The van der Waals surface area contributed by atoms with Crippen molar-refractivity contribution in [3.63, 3.8) is 0 Å². The first-order valence-electron chi connectivity index (χ1n) is 26.2. The van der Waals surface area contributed by atoms with E-state index in [0.717, 1.165) is 66.8 Å². The van der Waals surface area contributed by atoms with Crippen LogP contribution in [0, 0.1) is 0 Å². The maximum atomic E-state index is 2.53. The molecule has 0 fully saturated rings. The molecule has 0 heterocycles. The van der Waals surface area contributed by atoms with Crippen LogP contribution >= 0.6 is 0 Å². The van der Waals surface area contributed by atoms with Crippen LogP contribution in [0.2, 0.25) is 0 Å². The highest BCUT2D eigenvalue weighted by Gasteiger charge is 2.27. The largest absolute Gasteiger partial charge is 0.309 e. The van der Waals surface area contributed by atoms with Crippen molar-refractivity contribution in [1.82, 2.24) is 0 Å². The van der Waals surface area contributed by atoms with E-state index in [1.54, 1.807) is 0 Å². The maximum absolute atomic E-state index is 2.53. The molecule has 0 saturated carbocycles. The monoisotopic (exact) mass is 964 g/mol. The van der Waals surface area contributed by atoms with Gasteiger partial charge in [0.2, 0.25) is 0 Å². The van der Waals surface area contributed by atoms with Crippen LogP contribution < -0.4 is 9.80 Å². The summed E-state index contributed by atoms with van der Waals surface area (Å²) in [7, 11) is 0. The zero-order valence-electron chi connectivity index (χ0n) is 41.6. The molecule has 0 amide bonds. The van der Waals surface area contributed by atoms with Gasteiger partial charge in [-0.15, -0.1) is 0 Å². The molecule has 0 aliphatic carbocycles. The van der Waals surface area contributed by atoms with Crippen LogP contribution in [0.5, 0.6) is 0 Å². The minimum atomic E-state index is 1.08.